The van der Waals surface area contributed by atoms with Gasteiger partial charge >= 0.3 is 0 Å². The summed E-state index contributed by atoms with van der Waals surface area (Å²) in [4.78, 5) is 39.3. The van der Waals surface area contributed by atoms with E-state index in [4.69, 9.17) is 0 Å². The number of aryl methyl sites for hydroxylation is 1. The van der Waals surface area contributed by atoms with Gasteiger partial charge in [0.15, 0.2) is 0 Å². The van der Waals surface area contributed by atoms with Crippen molar-refractivity contribution in [1.82, 2.24) is 19.8 Å². The summed E-state index contributed by atoms with van der Waals surface area (Å²) in [5.41, 5.74) is 0.989. The molecule has 140 valence electrons. The first-order chi connectivity index (χ1) is 12.5. The van der Waals surface area contributed by atoms with E-state index in [2.05, 4.69) is 20.9 Å². The Bertz CT molecular complexity index is 697. The Balaban J connectivity index is 1.39. The molecule has 2 amide bonds. The van der Waals surface area contributed by atoms with Gasteiger partial charge in [0.1, 0.15) is 12.1 Å². The first-order valence-corrected chi connectivity index (χ1v) is 9.62. The van der Waals surface area contributed by atoms with Crippen molar-refractivity contribution >= 4 is 17.6 Å². The predicted octanol–water partition coefficient (Wildman–Crippen LogP) is 1.22. The van der Waals surface area contributed by atoms with Gasteiger partial charge in [0.05, 0.1) is 5.92 Å². The lowest BCUT2D eigenvalue weighted by atomic mass is 10.00. The van der Waals surface area contributed by atoms with E-state index in [0.29, 0.717) is 25.0 Å². The Morgan fingerprint density at radius 3 is 2.42 bits per heavy atom. The highest BCUT2D eigenvalue weighted by Crippen LogP contribution is 2.35. The normalized spacial score (nSPS) is 24.2. The number of amides is 2. The molecule has 1 saturated carbocycles. The number of hydrogen-bond acceptors (Lipinski definition) is 5. The molecule has 1 aromatic rings. The lowest BCUT2D eigenvalue weighted by Gasteiger charge is -2.40. The standard InChI is InChI=1S/C19H27N5O2/c1-13-9-17(21-12-20-13)24(15-3-4-15)16-5-7-23(8-6-16)19(26)14-10-18(25)22(2)11-14/h9,12,14-16H,3-8,10-11H2,1-2H3. The molecule has 0 spiro atoms. The third-order valence-electron chi connectivity index (χ3n) is 5.85. The number of anilines is 1. The zero-order valence-corrected chi connectivity index (χ0v) is 15.6. The Hall–Kier alpha value is -2.18. The Morgan fingerprint density at radius 2 is 1.85 bits per heavy atom. The third kappa shape index (κ3) is 3.39. The minimum atomic E-state index is -0.159. The summed E-state index contributed by atoms with van der Waals surface area (Å²) < 4.78 is 0. The monoisotopic (exact) mass is 357 g/mol. The van der Waals surface area contributed by atoms with Crippen LogP contribution in [0.3, 0.4) is 0 Å². The zero-order chi connectivity index (χ0) is 18.3. The fourth-order valence-electron chi connectivity index (χ4n) is 4.26. The van der Waals surface area contributed by atoms with Crippen molar-refractivity contribution in [2.75, 3.05) is 31.6 Å². The maximum absolute atomic E-state index is 12.7. The number of carbonyl (C=O) groups excluding carboxylic acids is 2. The fourth-order valence-corrected chi connectivity index (χ4v) is 4.26. The van der Waals surface area contributed by atoms with Crippen LogP contribution in [0.4, 0.5) is 5.82 Å². The molecule has 0 N–H and O–H groups in total. The molecule has 1 atom stereocenters. The minimum absolute atomic E-state index is 0.0808. The second kappa shape index (κ2) is 6.85. The Labute approximate surface area is 154 Å². The molecule has 0 radical (unpaired) electrons. The molecular weight excluding hydrogens is 330 g/mol. The molecule has 3 aliphatic rings. The van der Waals surface area contributed by atoms with Crippen LogP contribution in [-0.2, 0) is 9.59 Å². The number of aromatic nitrogens is 2. The van der Waals surface area contributed by atoms with Gasteiger partial charge in [-0.1, -0.05) is 0 Å². The van der Waals surface area contributed by atoms with E-state index in [1.165, 1.54) is 12.8 Å². The largest absolute Gasteiger partial charge is 0.350 e. The molecule has 7 heteroatoms. The van der Waals surface area contributed by atoms with Crippen molar-refractivity contribution in [3.8, 4) is 0 Å². The smallest absolute Gasteiger partial charge is 0.227 e. The van der Waals surface area contributed by atoms with Crippen molar-refractivity contribution in [3.63, 3.8) is 0 Å². The van der Waals surface area contributed by atoms with E-state index in [1.54, 1.807) is 18.3 Å². The van der Waals surface area contributed by atoms with Gasteiger partial charge in [0.2, 0.25) is 11.8 Å². The van der Waals surface area contributed by atoms with E-state index < -0.39 is 0 Å². The van der Waals surface area contributed by atoms with Crippen LogP contribution < -0.4 is 4.90 Å². The second-order valence-electron chi connectivity index (χ2n) is 7.89. The van der Waals surface area contributed by atoms with Gasteiger partial charge in [-0.15, -0.1) is 0 Å². The fraction of sp³-hybridized carbons (Fsp3) is 0.684. The summed E-state index contributed by atoms with van der Waals surface area (Å²) in [6.07, 6.45) is 6.37. The molecule has 1 aliphatic carbocycles. The number of piperidine rings is 1. The van der Waals surface area contributed by atoms with Gasteiger partial charge in [0, 0.05) is 56.9 Å². The number of hydrogen-bond donors (Lipinski definition) is 0. The Kier molecular flexibility index (Phi) is 4.54. The Morgan fingerprint density at radius 1 is 1.15 bits per heavy atom. The van der Waals surface area contributed by atoms with Crippen LogP contribution in [-0.4, -0.2) is 70.3 Å². The van der Waals surface area contributed by atoms with Gasteiger partial charge in [0.25, 0.3) is 0 Å². The van der Waals surface area contributed by atoms with E-state index in [-0.39, 0.29) is 17.7 Å². The number of carbonyl (C=O) groups is 2. The molecule has 3 fully saturated rings. The molecule has 0 aromatic carbocycles. The summed E-state index contributed by atoms with van der Waals surface area (Å²) in [5, 5.41) is 0. The van der Waals surface area contributed by atoms with Crippen molar-refractivity contribution in [1.29, 1.82) is 0 Å². The predicted molar refractivity (Wildman–Crippen MR) is 97.6 cm³/mol. The number of rotatable bonds is 4. The van der Waals surface area contributed by atoms with Crippen LogP contribution in [0, 0.1) is 12.8 Å². The van der Waals surface area contributed by atoms with E-state index in [1.807, 2.05) is 11.8 Å². The van der Waals surface area contributed by atoms with Crippen LogP contribution >= 0.6 is 0 Å². The third-order valence-corrected chi connectivity index (χ3v) is 5.85. The first kappa shape index (κ1) is 17.2. The van der Waals surface area contributed by atoms with Crippen LogP contribution in [0.5, 0.6) is 0 Å². The van der Waals surface area contributed by atoms with Gasteiger partial charge in [-0.05, 0) is 32.6 Å². The van der Waals surface area contributed by atoms with E-state index >= 15 is 0 Å². The molecule has 2 saturated heterocycles. The molecule has 1 aromatic heterocycles. The minimum Gasteiger partial charge on any atom is -0.350 e. The SMILES string of the molecule is Cc1cc(N(C2CC2)C2CCN(C(=O)C3CC(=O)N(C)C3)CC2)ncn1. The summed E-state index contributed by atoms with van der Waals surface area (Å²) in [5.74, 6) is 1.09. The average Bonchev–Trinajstić information content (AvgIpc) is 3.40. The highest BCUT2D eigenvalue weighted by Gasteiger charge is 2.39. The van der Waals surface area contributed by atoms with Crippen molar-refractivity contribution < 1.29 is 9.59 Å². The van der Waals surface area contributed by atoms with Crippen LogP contribution in [0.2, 0.25) is 0 Å². The molecule has 3 heterocycles. The van der Waals surface area contributed by atoms with E-state index in [0.717, 1.165) is 37.4 Å². The molecular formula is C19H27N5O2. The van der Waals surface area contributed by atoms with Gasteiger partial charge in [-0.3, -0.25) is 9.59 Å². The van der Waals surface area contributed by atoms with Gasteiger partial charge in [-0.2, -0.15) is 0 Å². The molecule has 26 heavy (non-hydrogen) atoms. The second-order valence-corrected chi connectivity index (χ2v) is 7.89. The van der Waals surface area contributed by atoms with Crippen molar-refractivity contribution in [2.24, 2.45) is 5.92 Å². The van der Waals surface area contributed by atoms with Crippen molar-refractivity contribution in [2.45, 2.75) is 51.1 Å². The maximum Gasteiger partial charge on any atom is 0.227 e. The molecule has 4 rings (SSSR count). The van der Waals surface area contributed by atoms with E-state index in [9.17, 15) is 9.59 Å². The summed E-state index contributed by atoms with van der Waals surface area (Å²) in [6, 6.07) is 3.07. The lowest BCUT2D eigenvalue weighted by Crippen LogP contribution is -2.49. The quantitative estimate of drug-likeness (QED) is 0.810. The highest BCUT2D eigenvalue weighted by molar-refractivity contribution is 5.89. The number of nitrogens with zero attached hydrogens (tertiary/aromatic N) is 5. The summed E-state index contributed by atoms with van der Waals surface area (Å²) in [7, 11) is 1.78. The van der Waals surface area contributed by atoms with Crippen LogP contribution in [0.25, 0.3) is 0 Å². The lowest BCUT2D eigenvalue weighted by molar-refractivity contribution is -0.136. The summed E-state index contributed by atoms with van der Waals surface area (Å²) in [6.45, 7) is 4.10. The summed E-state index contributed by atoms with van der Waals surface area (Å²) >= 11 is 0. The van der Waals surface area contributed by atoms with Crippen LogP contribution in [0.1, 0.15) is 37.8 Å². The van der Waals surface area contributed by atoms with Gasteiger partial charge < -0.3 is 14.7 Å². The van der Waals surface area contributed by atoms with Crippen LogP contribution in [0.15, 0.2) is 12.4 Å². The van der Waals surface area contributed by atoms with Gasteiger partial charge in [-0.25, -0.2) is 9.97 Å². The molecule has 1 unspecified atom stereocenters. The molecule has 7 nitrogen and oxygen atoms in total. The first-order valence-electron chi connectivity index (χ1n) is 9.62. The maximum atomic E-state index is 12.7. The number of likely N-dealkylation sites (tertiary alicyclic amines) is 2. The topological polar surface area (TPSA) is 69.6 Å². The van der Waals surface area contributed by atoms with Crippen molar-refractivity contribution in [3.05, 3.63) is 18.1 Å². The average molecular weight is 357 g/mol. The highest BCUT2D eigenvalue weighted by atomic mass is 16.2. The molecule has 0 bridgehead atoms. The molecule has 2 aliphatic heterocycles. The zero-order valence-electron chi connectivity index (χ0n) is 15.6.